The van der Waals surface area contributed by atoms with E-state index in [1.807, 2.05) is 30.5 Å². The van der Waals surface area contributed by atoms with Crippen LogP contribution in [-0.2, 0) is 20.9 Å². The molecule has 9 heteroatoms. The van der Waals surface area contributed by atoms with E-state index in [9.17, 15) is 14.4 Å². The maximum atomic E-state index is 13.5. The van der Waals surface area contributed by atoms with Crippen LogP contribution in [0.5, 0.6) is 0 Å². The zero-order chi connectivity index (χ0) is 25.8. The highest BCUT2D eigenvalue weighted by Gasteiger charge is 2.32. The first-order valence-electron chi connectivity index (χ1n) is 11.8. The van der Waals surface area contributed by atoms with Crippen molar-refractivity contribution < 1.29 is 19.1 Å². The molecule has 1 heterocycles. The second kappa shape index (κ2) is 14.4. The number of amides is 3. The van der Waals surface area contributed by atoms with Gasteiger partial charge in [-0.3, -0.25) is 14.4 Å². The summed E-state index contributed by atoms with van der Waals surface area (Å²) >= 11 is 7.58. The highest BCUT2D eigenvalue weighted by atomic mass is 35.5. The molecule has 0 saturated heterocycles. The summed E-state index contributed by atoms with van der Waals surface area (Å²) in [5.41, 5.74) is 1.08. The Morgan fingerprint density at radius 1 is 1.00 bits per heavy atom. The van der Waals surface area contributed by atoms with Gasteiger partial charge in [0.05, 0.1) is 13.1 Å². The lowest BCUT2D eigenvalue weighted by Gasteiger charge is -2.31. The minimum atomic E-state index is -0.905. The van der Waals surface area contributed by atoms with Gasteiger partial charge in [0.1, 0.15) is 6.04 Å². The van der Waals surface area contributed by atoms with Gasteiger partial charge in [-0.25, -0.2) is 0 Å². The average Bonchev–Trinajstić information content (AvgIpc) is 3.41. The first-order chi connectivity index (χ1) is 17.5. The van der Waals surface area contributed by atoms with Crippen molar-refractivity contribution in [3.8, 4) is 0 Å². The molecule has 2 aromatic carbocycles. The minimum absolute atomic E-state index is 0.220. The zero-order valence-electron chi connectivity index (χ0n) is 20.1. The highest BCUT2D eigenvalue weighted by molar-refractivity contribution is 7.09. The van der Waals surface area contributed by atoms with E-state index >= 15 is 0 Å². The van der Waals surface area contributed by atoms with Crippen molar-refractivity contribution >= 4 is 40.7 Å². The van der Waals surface area contributed by atoms with Crippen molar-refractivity contribution in [2.24, 2.45) is 0 Å². The summed E-state index contributed by atoms with van der Waals surface area (Å²) in [4.78, 5) is 41.9. The fourth-order valence-corrected chi connectivity index (χ4v) is 4.42. The Kier molecular flexibility index (Phi) is 10.9. The van der Waals surface area contributed by atoms with Crippen LogP contribution < -0.4 is 10.6 Å². The number of carbonyl (C=O) groups excluding carboxylic acids is 3. The van der Waals surface area contributed by atoms with Gasteiger partial charge in [0.2, 0.25) is 11.8 Å². The molecule has 0 aliphatic carbocycles. The van der Waals surface area contributed by atoms with Gasteiger partial charge in [-0.1, -0.05) is 48.0 Å². The standard InChI is InChI=1S/C27H30ClN3O4S/c1-2-35-16-7-15-29-27(34)25(20-11-13-22(28)14-12-20)31(19-23-10-6-17-36-23)24(32)18-30-26(33)21-8-4-3-5-9-21/h3-6,8-14,17,25H,2,7,15-16,18-19H2,1H3,(H,29,34)(H,30,33)/t25-/m1/s1. The number of nitrogens with one attached hydrogen (secondary N) is 2. The SMILES string of the molecule is CCOCCCNC(=O)[C@@H](c1ccc(Cl)cc1)N(Cc1cccs1)C(=O)CNC(=O)c1ccccc1. The Balaban J connectivity index is 1.83. The summed E-state index contributed by atoms with van der Waals surface area (Å²) < 4.78 is 5.35. The van der Waals surface area contributed by atoms with Crippen LogP contribution in [-0.4, -0.2) is 48.9 Å². The summed E-state index contributed by atoms with van der Waals surface area (Å²) in [6, 6.07) is 18.4. The van der Waals surface area contributed by atoms with Crippen molar-refractivity contribution in [1.82, 2.24) is 15.5 Å². The molecule has 2 N–H and O–H groups in total. The first-order valence-corrected chi connectivity index (χ1v) is 13.0. The van der Waals surface area contributed by atoms with Crippen molar-refractivity contribution in [2.75, 3.05) is 26.3 Å². The number of halogens is 1. The first kappa shape index (κ1) is 27.4. The lowest BCUT2D eigenvalue weighted by atomic mass is 10.0. The van der Waals surface area contributed by atoms with Gasteiger partial charge in [0.15, 0.2) is 0 Å². The predicted molar refractivity (Wildman–Crippen MR) is 142 cm³/mol. The van der Waals surface area contributed by atoms with Gasteiger partial charge in [-0.15, -0.1) is 11.3 Å². The third-order valence-electron chi connectivity index (χ3n) is 5.38. The molecule has 3 rings (SSSR count). The molecule has 0 saturated carbocycles. The fourth-order valence-electron chi connectivity index (χ4n) is 3.59. The maximum absolute atomic E-state index is 13.5. The summed E-state index contributed by atoms with van der Waals surface area (Å²) in [7, 11) is 0. The van der Waals surface area contributed by atoms with E-state index in [2.05, 4.69) is 10.6 Å². The van der Waals surface area contributed by atoms with E-state index in [4.69, 9.17) is 16.3 Å². The lowest BCUT2D eigenvalue weighted by molar-refractivity contribution is -0.140. The third kappa shape index (κ3) is 8.19. The van der Waals surface area contributed by atoms with Crippen molar-refractivity contribution in [3.05, 3.63) is 93.1 Å². The topological polar surface area (TPSA) is 87.7 Å². The summed E-state index contributed by atoms with van der Waals surface area (Å²) in [6.45, 7) is 3.44. The molecule has 3 aromatic rings. The molecular weight excluding hydrogens is 498 g/mol. The van der Waals surface area contributed by atoms with Gasteiger partial charge in [0, 0.05) is 35.2 Å². The van der Waals surface area contributed by atoms with Crippen LogP contribution in [0, 0.1) is 0 Å². The van der Waals surface area contributed by atoms with Crippen LogP contribution in [0.3, 0.4) is 0 Å². The van der Waals surface area contributed by atoms with Gasteiger partial charge in [0.25, 0.3) is 5.91 Å². The number of hydrogen-bond acceptors (Lipinski definition) is 5. The summed E-state index contributed by atoms with van der Waals surface area (Å²) in [6.07, 6.45) is 0.652. The molecule has 0 aliphatic rings. The Hall–Kier alpha value is -3.20. The molecule has 190 valence electrons. The number of carbonyl (C=O) groups is 3. The van der Waals surface area contributed by atoms with E-state index in [1.165, 1.54) is 16.2 Å². The highest BCUT2D eigenvalue weighted by Crippen LogP contribution is 2.26. The average molecular weight is 528 g/mol. The fraction of sp³-hybridized carbons (Fsp3) is 0.296. The molecule has 0 aliphatic heterocycles. The Morgan fingerprint density at radius 2 is 1.75 bits per heavy atom. The Bertz CT molecular complexity index is 1110. The van der Waals surface area contributed by atoms with Crippen LogP contribution >= 0.6 is 22.9 Å². The number of ether oxygens (including phenoxy) is 1. The molecule has 0 fully saturated rings. The van der Waals surface area contributed by atoms with Crippen molar-refractivity contribution in [3.63, 3.8) is 0 Å². The number of rotatable bonds is 13. The molecule has 3 amide bonds. The van der Waals surface area contributed by atoms with Gasteiger partial charge >= 0.3 is 0 Å². The van der Waals surface area contributed by atoms with Crippen LogP contribution in [0.2, 0.25) is 5.02 Å². The van der Waals surface area contributed by atoms with E-state index in [-0.39, 0.29) is 30.8 Å². The van der Waals surface area contributed by atoms with Crippen molar-refractivity contribution in [2.45, 2.75) is 25.9 Å². The lowest BCUT2D eigenvalue weighted by Crippen LogP contribution is -2.47. The van der Waals surface area contributed by atoms with Gasteiger partial charge < -0.3 is 20.3 Å². The molecule has 0 spiro atoms. The van der Waals surface area contributed by atoms with Crippen LogP contribution in [0.25, 0.3) is 0 Å². The van der Waals surface area contributed by atoms with E-state index in [0.29, 0.717) is 42.3 Å². The normalized spacial score (nSPS) is 11.5. The number of hydrogen-bond donors (Lipinski definition) is 2. The predicted octanol–water partition coefficient (Wildman–Crippen LogP) is 4.44. The zero-order valence-corrected chi connectivity index (χ0v) is 21.7. The Morgan fingerprint density at radius 3 is 2.42 bits per heavy atom. The smallest absolute Gasteiger partial charge is 0.251 e. The number of thiophene rings is 1. The van der Waals surface area contributed by atoms with Gasteiger partial charge in [-0.05, 0) is 54.6 Å². The van der Waals surface area contributed by atoms with E-state index in [1.54, 1.807) is 48.5 Å². The van der Waals surface area contributed by atoms with Crippen LogP contribution in [0.1, 0.15) is 40.2 Å². The second-order valence-electron chi connectivity index (χ2n) is 7.95. The molecule has 1 aromatic heterocycles. The molecule has 1 atom stereocenters. The monoisotopic (exact) mass is 527 g/mol. The van der Waals surface area contributed by atoms with Crippen LogP contribution in [0.15, 0.2) is 72.1 Å². The second-order valence-corrected chi connectivity index (χ2v) is 9.41. The molecule has 0 bridgehead atoms. The van der Waals surface area contributed by atoms with E-state index < -0.39 is 6.04 Å². The van der Waals surface area contributed by atoms with Crippen LogP contribution in [0.4, 0.5) is 0 Å². The number of benzene rings is 2. The summed E-state index contributed by atoms with van der Waals surface area (Å²) in [5.74, 6) is -1.05. The molecule has 36 heavy (non-hydrogen) atoms. The molecule has 7 nitrogen and oxygen atoms in total. The molecule has 0 unspecified atom stereocenters. The number of nitrogens with zero attached hydrogens (tertiary/aromatic N) is 1. The quantitative estimate of drug-likeness (QED) is 0.322. The van der Waals surface area contributed by atoms with Crippen molar-refractivity contribution in [1.29, 1.82) is 0 Å². The third-order valence-corrected chi connectivity index (χ3v) is 6.49. The maximum Gasteiger partial charge on any atom is 0.251 e. The van der Waals surface area contributed by atoms with E-state index in [0.717, 1.165) is 4.88 Å². The minimum Gasteiger partial charge on any atom is -0.382 e. The summed E-state index contributed by atoms with van der Waals surface area (Å²) in [5, 5.41) is 8.06. The molecular formula is C27H30ClN3O4S. The molecule has 0 radical (unpaired) electrons. The Labute approximate surface area is 220 Å². The van der Waals surface area contributed by atoms with Gasteiger partial charge in [-0.2, -0.15) is 0 Å². The largest absolute Gasteiger partial charge is 0.382 e.